The third-order valence-electron chi connectivity index (χ3n) is 3.39. The molecule has 6 heteroatoms. The number of sulfone groups is 1. The van der Waals surface area contributed by atoms with Gasteiger partial charge in [0.05, 0.1) is 16.4 Å². The second-order valence-corrected chi connectivity index (χ2v) is 9.87. The van der Waals surface area contributed by atoms with Crippen molar-refractivity contribution in [1.29, 1.82) is 0 Å². The molecule has 0 aliphatic carbocycles. The molecule has 118 valence electrons. The van der Waals surface area contributed by atoms with Crippen molar-refractivity contribution in [3.63, 3.8) is 0 Å². The lowest BCUT2D eigenvalue weighted by molar-refractivity contribution is -0.141. The van der Waals surface area contributed by atoms with E-state index in [0.29, 0.717) is 6.42 Å². The molecule has 0 bridgehead atoms. The second-order valence-electron chi connectivity index (χ2n) is 6.09. The number of carbonyl (C=O) groups is 1. The quantitative estimate of drug-likeness (QED) is 0.826. The molecule has 0 heterocycles. The van der Waals surface area contributed by atoms with Crippen LogP contribution in [0, 0.1) is 5.92 Å². The van der Waals surface area contributed by atoms with E-state index in [1.807, 2.05) is 24.3 Å². The van der Waals surface area contributed by atoms with E-state index in [2.05, 4.69) is 15.9 Å². The molecule has 1 atom stereocenters. The van der Waals surface area contributed by atoms with Gasteiger partial charge in [0.15, 0.2) is 9.84 Å². The first-order valence-electron chi connectivity index (χ1n) is 6.72. The Morgan fingerprint density at radius 3 is 2.43 bits per heavy atom. The zero-order valence-corrected chi connectivity index (χ0v) is 14.9. The highest BCUT2D eigenvalue weighted by Gasteiger charge is 2.30. The molecule has 1 unspecified atom stereocenters. The molecule has 0 aromatic heterocycles. The summed E-state index contributed by atoms with van der Waals surface area (Å²) in [7, 11) is -3.30. The standard InChI is InChI=1S/C15H21BrO4S/c1-15(2,3)21(19,20)8-7-12(14(17)18)9-11-5-4-6-13(16)10-11/h4-6,10,12H,7-9H2,1-3H3,(H,17,18). The molecular weight excluding hydrogens is 356 g/mol. The second kappa shape index (κ2) is 6.92. The summed E-state index contributed by atoms with van der Waals surface area (Å²) in [6.07, 6.45) is 0.454. The van der Waals surface area contributed by atoms with E-state index in [9.17, 15) is 18.3 Å². The van der Waals surface area contributed by atoms with Gasteiger partial charge in [-0.2, -0.15) is 0 Å². The molecule has 0 saturated carbocycles. The maximum Gasteiger partial charge on any atom is 0.306 e. The van der Waals surface area contributed by atoms with E-state index >= 15 is 0 Å². The summed E-state index contributed by atoms with van der Waals surface area (Å²) in [5, 5.41) is 9.30. The first kappa shape index (κ1) is 18.2. The fourth-order valence-electron chi connectivity index (χ4n) is 1.86. The van der Waals surface area contributed by atoms with Gasteiger partial charge in [0.25, 0.3) is 0 Å². The van der Waals surface area contributed by atoms with E-state index in [1.54, 1.807) is 20.8 Å². The third-order valence-corrected chi connectivity index (χ3v) is 6.52. The van der Waals surface area contributed by atoms with Crippen LogP contribution in [0.25, 0.3) is 0 Å². The number of aliphatic carboxylic acids is 1. The molecule has 0 radical (unpaired) electrons. The maximum absolute atomic E-state index is 12.1. The lowest BCUT2D eigenvalue weighted by atomic mass is 9.97. The van der Waals surface area contributed by atoms with Crippen LogP contribution < -0.4 is 0 Å². The van der Waals surface area contributed by atoms with Gasteiger partial charge in [-0.3, -0.25) is 4.79 Å². The summed E-state index contributed by atoms with van der Waals surface area (Å²) in [6, 6.07) is 7.40. The summed E-state index contributed by atoms with van der Waals surface area (Å²) < 4.78 is 24.2. The molecule has 21 heavy (non-hydrogen) atoms. The largest absolute Gasteiger partial charge is 0.481 e. The maximum atomic E-state index is 12.1. The number of halogens is 1. The molecule has 0 aliphatic heterocycles. The summed E-state index contributed by atoms with van der Waals surface area (Å²) in [5.74, 6) is -1.77. The predicted molar refractivity (Wildman–Crippen MR) is 87.1 cm³/mol. The Labute approximate surface area is 134 Å². The Bertz CT molecular complexity index is 602. The average molecular weight is 377 g/mol. The minimum absolute atomic E-state index is 0.110. The van der Waals surface area contributed by atoms with Crippen molar-refractivity contribution >= 4 is 31.7 Å². The number of hydrogen-bond donors (Lipinski definition) is 1. The van der Waals surface area contributed by atoms with Crippen molar-refractivity contribution in [3.05, 3.63) is 34.3 Å². The first-order chi connectivity index (χ1) is 9.53. The summed E-state index contributed by atoms with van der Waals surface area (Å²) in [4.78, 5) is 11.3. The van der Waals surface area contributed by atoms with Gasteiger partial charge >= 0.3 is 5.97 Å². The van der Waals surface area contributed by atoms with Gasteiger partial charge in [-0.25, -0.2) is 8.42 Å². The van der Waals surface area contributed by atoms with Gasteiger partial charge in [-0.05, 0) is 51.3 Å². The van der Waals surface area contributed by atoms with Crippen LogP contribution in [0.2, 0.25) is 0 Å². The van der Waals surface area contributed by atoms with Crippen LogP contribution in [-0.2, 0) is 21.1 Å². The fraction of sp³-hybridized carbons (Fsp3) is 0.533. The van der Waals surface area contributed by atoms with Crippen LogP contribution in [-0.4, -0.2) is 30.0 Å². The van der Waals surface area contributed by atoms with Crippen molar-refractivity contribution in [2.45, 2.75) is 38.4 Å². The molecule has 4 nitrogen and oxygen atoms in total. The van der Waals surface area contributed by atoms with Crippen LogP contribution in [0.15, 0.2) is 28.7 Å². The van der Waals surface area contributed by atoms with Crippen LogP contribution in [0.4, 0.5) is 0 Å². The minimum Gasteiger partial charge on any atom is -0.481 e. The highest BCUT2D eigenvalue weighted by atomic mass is 79.9. The van der Waals surface area contributed by atoms with Gasteiger partial charge in [0.2, 0.25) is 0 Å². The molecule has 1 aromatic rings. The highest BCUT2D eigenvalue weighted by molar-refractivity contribution is 9.10. The molecule has 1 N–H and O–H groups in total. The van der Waals surface area contributed by atoms with E-state index in [-0.39, 0.29) is 12.2 Å². The van der Waals surface area contributed by atoms with E-state index in [0.717, 1.165) is 10.0 Å². The van der Waals surface area contributed by atoms with Crippen molar-refractivity contribution in [1.82, 2.24) is 0 Å². The Morgan fingerprint density at radius 2 is 1.95 bits per heavy atom. The monoisotopic (exact) mass is 376 g/mol. The number of rotatable bonds is 6. The first-order valence-corrected chi connectivity index (χ1v) is 9.17. The van der Waals surface area contributed by atoms with Gasteiger partial charge < -0.3 is 5.11 Å². The molecule has 1 rings (SSSR count). The van der Waals surface area contributed by atoms with Crippen molar-refractivity contribution < 1.29 is 18.3 Å². The molecule has 0 saturated heterocycles. The van der Waals surface area contributed by atoms with E-state index < -0.39 is 26.5 Å². The SMILES string of the molecule is CC(C)(C)S(=O)(=O)CCC(Cc1cccc(Br)c1)C(=O)O. The Morgan fingerprint density at radius 1 is 1.33 bits per heavy atom. The summed E-state index contributed by atoms with van der Waals surface area (Å²) in [6.45, 7) is 4.89. The Balaban J connectivity index is 2.79. The van der Waals surface area contributed by atoms with Crippen LogP contribution in [0.1, 0.15) is 32.8 Å². The predicted octanol–water partition coefficient (Wildman–Crippen LogP) is 3.30. The molecule has 0 spiro atoms. The third kappa shape index (κ3) is 5.43. The Kier molecular flexibility index (Phi) is 5.99. The van der Waals surface area contributed by atoms with E-state index in [1.165, 1.54) is 0 Å². The molecule has 0 aliphatic rings. The topological polar surface area (TPSA) is 71.4 Å². The summed E-state index contributed by atoms with van der Waals surface area (Å²) in [5.41, 5.74) is 0.880. The average Bonchev–Trinajstić information content (AvgIpc) is 2.32. The van der Waals surface area contributed by atoms with Crippen LogP contribution in [0.5, 0.6) is 0 Å². The number of carboxylic acid groups (broad SMARTS) is 1. The van der Waals surface area contributed by atoms with Gasteiger partial charge in [-0.1, -0.05) is 28.1 Å². The van der Waals surface area contributed by atoms with Gasteiger partial charge in [0.1, 0.15) is 0 Å². The lowest BCUT2D eigenvalue weighted by Crippen LogP contribution is -2.32. The highest BCUT2D eigenvalue weighted by Crippen LogP contribution is 2.21. The van der Waals surface area contributed by atoms with Crippen molar-refractivity contribution in [2.24, 2.45) is 5.92 Å². The molecular formula is C15H21BrO4S. The number of benzene rings is 1. The van der Waals surface area contributed by atoms with E-state index in [4.69, 9.17) is 0 Å². The smallest absolute Gasteiger partial charge is 0.306 e. The lowest BCUT2D eigenvalue weighted by Gasteiger charge is -2.20. The van der Waals surface area contributed by atoms with Crippen LogP contribution in [0.3, 0.4) is 0 Å². The summed E-state index contributed by atoms with van der Waals surface area (Å²) >= 11 is 3.34. The van der Waals surface area contributed by atoms with Crippen molar-refractivity contribution in [2.75, 3.05) is 5.75 Å². The van der Waals surface area contributed by atoms with Crippen molar-refractivity contribution in [3.8, 4) is 0 Å². The molecule has 1 aromatic carbocycles. The molecule has 0 amide bonds. The van der Waals surface area contributed by atoms with Crippen LogP contribution >= 0.6 is 15.9 Å². The zero-order chi connectivity index (χ0) is 16.3. The number of hydrogen-bond acceptors (Lipinski definition) is 3. The normalized spacial score (nSPS) is 13.9. The fourth-order valence-corrected chi connectivity index (χ4v) is 3.52. The molecule has 0 fully saturated rings. The van der Waals surface area contributed by atoms with Gasteiger partial charge in [-0.15, -0.1) is 0 Å². The zero-order valence-electron chi connectivity index (χ0n) is 12.5. The van der Waals surface area contributed by atoms with Gasteiger partial charge in [0, 0.05) is 4.47 Å². The Hall–Kier alpha value is -0.880. The minimum atomic E-state index is -3.30. The number of carboxylic acids is 1.